The quantitative estimate of drug-likeness (QED) is 0.875. The van der Waals surface area contributed by atoms with Crippen LogP contribution in [0.4, 0.5) is 4.39 Å². The van der Waals surface area contributed by atoms with E-state index in [0.29, 0.717) is 31.9 Å². The summed E-state index contributed by atoms with van der Waals surface area (Å²) in [6, 6.07) is 11.5. The van der Waals surface area contributed by atoms with Crippen molar-refractivity contribution in [2.24, 2.45) is 0 Å². The second-order valence-electron chi connectivity index (χ2n) is 5.68. The summed E-state index contributed by atoms with van der Waals surface area (Å²) in [5, 5.41) is 2.78. The van der Waals surface area contributed by atoms with Gasteiger partial charge in [0, 0.05) is 19.0 Å². The van der Waals surface area contributed by atoms with Gasteiger partial charge in [-0.05, 0) is 36.2 Å². The van der Waals surface area contributed by atoms with Crippen molar-refractivity contribution in [3.63, 3.8) is 0 Å². The average molecular weight is 345 g/mol. The summed E-state index contributed by atoms with van der Waals surface area (Å²) in [5.41, 5.74) is 1.05. The average Bonchev–Trinajstić information content (AvgIpc) is 2.85. The highest BCUT2D eigenvalue weighted by Gasteiger charge is 2.11. The Hall–Kier alpha value is -2.76. The van der Waals surface area contributed by atoms with Crippen molar-refractivity contribution in [2.75, 3.05) is 26.4 Å². The number of halogens is 1. The molecule has 1 N–H and O–H groups in total. The monoisotopic (exact) mass is 345 g/mol. The molecule has 0 aliphatic carbocycles. The molecular formula is C19H20FNO4. The topological polar surface area (TPSA) is 56.8 Å². The maximum absolute atomic E-state index is 13.0. The standard InChI is InChI=1S/C19H20FNO4/c20-15-3-1-4-16(12-15)25-13-19(22)21-8-7-14-5-6-17-18(11-14)24-10-2-9-23-17/h1,3-6,11-12H,2,7-10,13H2,(H,21,22). The summed E-state index contributed by atoms with van der Waals surface area (Å²) < 4.78 is 29.5. The van der Waals surface area contributed by atoms with Gasteiger partial charge in [0.1, 0.15) is 11.6 Å². The number of ether oxygens (including phenoxy) is 3. The van der Waals surface area contributed by atoms with Gasteiger partial charge < -0.3 is 19.5 Å². The van der Waals surface area contributed by atoms with E-state index in [1.807, 2.05) is 18.2 Å². The van der Waals surface area contributed by atoms with Gasteiger partial charge in [0.2, 0.25) is 0 Å². The molecule has 0 aromatic heterocycles. The molecule has 1 heterocycles. The van der Waals surface area contributed by atoms with Gasteiger partial charge in [-0.3, -0.25) is 4.79 Å². The highest BCUT2D eigenvalue weighted by molar-refractivity contribution is 5.77. The first kappa shape index (κ1) is 17.1. The molecule has 2 aromatic rings. The predicted octanol–water partition coefficient (Wildman–Crippen LogP) is 2.72. The van der Waals surface area contributed by atoms with Crippen molar-refractivity contribution >= 4 is 5.91 Å². The van der Waals surface area contributed by atoms with Crippen LogP contribution in [0.15, 0.2) is 42.5 Å². The number of rotatable bonds is 6. The summed E-state index contributed by atoms with van der Waals surface area (Å²) in [7, 11) is 0. The highest BCUT2D eigenvalue weighted by atomic mass is 19.1. The second-order valence-corrected chi connectivity index (χ2v) is 5.68. The van der Waals surface area contributed by atoms with Gasteiger partial charge in [0.15, 0.2) is 18.1 Å². The van der Waals surface area contributed by atoms with Crippen LogP contribution in [0.1, 0.15) is 12.0 Å². The summed E-state index contributed by atoms with van der Waals surface area (Å²) in [5.74, 6) is 1.19. The number of nitrogens with one attached hydrogen (secondary N) is 1. The van der Waals surface area contributed by atoms with E-state index in [2.05, 4.69) is 5.32 Å². The fraction of sp³-hybridized carbons (Fsp3) is 0.316. The molecule has 0 saturated carbocycles. The zero-order chi connectivity index (χ0) is 17.5. The lowest BCUT2D eigenvalue weighted by molar-refractivity contribution is -0.123. The van der Waals surface area contributed by atoms with Gasteiger partial charge in [-0.2, -0.15) is 0 Å². The third kappa shape index (κ3) is 5.11. The first-order chi connectivity index (χ1) is 12.2. The van der Waals surface area contributed by atoms with Crippen molar-refractivity contribution in [3.05, 3.63) is 53.8 Å². The lowest BCUT2D eigenvalue weighted by atomic mass is 10.1. The minimum Gasteiger partial charge on any atom is -0.490 e. The van der Waals surface area contributed by atoms with Crippen molar-refractivity contribution in [1.82, 2.24) is 5.32 Å². The Balaban J connectivity index is 1.43. The number of fused-ring (bicyclic) bond motifs is 1. The summed E-state index contributed by atoms with van der Waals surface area (Å²) in [4.78, 5) is 11.8. The molecule has 0 saturated heterocycles. The van der Waals surface area contributed by atoms with Crippen LogP contribution in [0.5, 0.6) is 17.2 Å². The third-order valence-corrected chi connectivity index (χ3v) is 3.71. The molecule has 3 rings (SSSR count). The summed E-state index contributed by atoms with van der Waals surface area (Å²) >= 11 is 0. The van der Waals surface area contributed by atoms with Gasteiger partial charge >= 0.3 is 0 Å². The molecule has 5 nitrogen and oxygen atoms in total. The molecule has 2 aromatic carbocycles. The molecule has 0 spiro atoms. The van der Waals surface area contributed by atoms with Gasteiger partial charge in [0.25, 0.3) is 5.91 Å². The molecule has 1 aliphatic rings. The lowest BCUT2D eigenvalue weighted by Gasteiger charge is -2.10. The normalized spacial score (nSPS) is 13.0. The Labute approximate surface area is 145 Å². The van der Waals surface area contributed by atoms with E-state index in [9.17, 15) is 9.18 Å². The first-order valence-corrected chi connectivity index (χ1v) is 8.24. The molecule has 1 amide bonds. The Morgan fingerprint density at radius 3 is 2.80 bits per heavy atom. The van der Waals surface area contributed by atoms with E-state index in [4.69, 9.17) is 14.2 Å². The van der Waals surface area contributed by atoms with Crippen LogP contribution in [0.2, 0.25) is 0 Å². The zero-order valence-corrected chi connectivity index (χ0v) is 13.8. The molecule has 0 bridgehead atoms. The van der Waals surface area contributed by atoms with Crippen LogP contribution in [-0.2, 0) is 11.2 Å². The van der Waals surface area contributed by atoms with E-state index in [-0.39, 0.29) is 12.5 Å². The van der Waals surface area contributed by atoms with Crippen LogP contribution in [0.25, 0.3) is 0 Å². The van der Waals surface area contributed by atoms with Gasteiger partial charge in [-0.15, -0.1) is 0 Å². The molecule has 25 heavy (non-hydrogen) atoms. The highest BCUT2D eigenvalue weighted by Crippen LogP contribution is 2.30. The van der Waals surface area contributed by atoms with E-state index in [0.717, 1.165) is 23.5 Å². The van der Waals surface area contributed by atoms with Crippen LogP contribution in [0, 0.1) is 5.82 Å². The van der Waals surface area contributed by atoms with Crippen molar-refractivity contribution in [3.8, 4) is 17.2 Å². The van der Waals surface area contributed by atoms with Crippen LogP contribution in [-0.4, -0.2) is 32.3 Å². The van der Waals surface area contributed by atoms with Crippen molar-refractivity contribution in [2.45, 2.75) is 12.8 Å². The number of carbonyl (C=O) groups is 1. The molecule has 132 valence electrons. The smallest absolute Gasteiger partial charge is 0.257 e. The molecule has 0 atom stereocenters. The van der Waals surface area contributed by atoms with Crippen LogP contribution >= 0.6 is 0 Å². The van der Waals surface area contributed by atoms with Gasteiger partial charge in [-0.25, -0.2) is 4.39 Å². The van der Waals surface area contributed by atoms with Gasteiger partial charge in [0.05, 0.1) is 13.2 Å². The fourth-order valence-corrected chi connectivity index (χ4v) is 2.47. The molecular weight excluding hydrogens is 325 g/mol. The first-order valence-electron chi connectivity index (χ1n) is 8.24. The van der Waals surface area contributed by atoms with Crippen LogP contribution in [0.3, 0.4) is 0 Å². The Morgan fingerprint density at radius 2 is 1.96 bits per heavy atom. The zero-order valence-electron chi connectivity index (χ0n) is 13.8. The third-order valence-electron chi connectivity index (χ3n) is 3.71. The van der Waals surface area contributed by atoms with Crippen molar-refractivity contribution in [1.29, 1.82) is 0 Å². The number of hydrogen-bond acceptors (Lipinski definition) is 4. The molecule has 0 unspecified atom stereocenters. The maximum atomic E-state index is 13.0. The Bertz CT molecular complexity index is 735. The minimum atomic E-state index is -0.396. The SMILES string of the molecule is O=C(COc1cccc(F)c1)NCCc1ccc2c(c1)OCCCO2. The number of carbonyl (C=O) groups excluding carboxylic acids is 1. The van der Waals surface area contributed by atoms with E-state index in [1.165, 1.54) is 18.2 Å². The van der Waals surface area contributed by atoms with E-state index >= 15 is 0 Å². The van der Waals surface area contributed by atoms with E-state index < -0.39 is 5.82 Å². The summed E-state index contributed by atoms with van der Waals surface area (Å²) in [6.45, 7) is 1.63. The Kier molecular flexibility index (Phi) is 5.72. The largest absolute Gasteiger partial charge is 0.490 e. The lowest BCUT2D eigenvalue weighted by Crippen LogP contribution is -2.30. The number of amides is 1. The minimum absolute atomic E-state index is 0.148. The predicted molar refractivity (Wildman–Crippen MR) is 90.7 cm³/mol. The maximum Gasteiger partial charge on any atom is 0.257 e. The number of benzene rings is 2. The molecule has 0 radical (unpaired) electrons. The molecule has 6 heteroatoms. The fourth-order valence-electron chi connectivity index (χ4n) is 2.47. The van der Waals surface area contributed by atoms with Crippen LogP contribution < -0.4 is 19.5 Å². The molecule has 0 fully saturated rings. The van der Waals surface area contributed by atoms with Gasteiger partial charge in [-0.1, -0.05) is 12.1 Å². The van der Waals surface area contributed by atoms with Crippen molar-refractivity contribution < 1.29 is 23.4 Å². The second kappa shape index (κ2) is 8.37. The number of hydrogen-bond donors (Lipinski definition) is 1. The molecule has 1 aliphatic heterocycles. The van der Waals surface area contributed by atoms with E-state index in [1.54, 1.807) is 6.07 Å². The summed E-state index contributed by atoms with van der Waals surface area (Å²) in [6.07, 6.45) is 1.54. The Morgan fingerprint density at radius 1 is 1.12 bits per heavy atom.